The van der Waals surface area contributed by atoms with Crippen LogP contribution < -0.4 is 4.90 Å². The van der Waals surface area contributed by atoms with Gasteiger partial charge in [0.15, 0.2) is 5.13 Å². The van der Waals surface area contributed by atoms with E-state index in [2.05, 4.69) is 4.98 Å². The summed E-state index contributed by atoms with van der Waals surface area (Å²) >= 11 is 3.14. The first-order valence-corrected chi connectivity index (χ1v) is 10.2. The van der Waals surface area contributed by atoms with E-state index in [-0.39, 0.29) is 5.91 Å². The maximum atomic E-state index is 13.0. The summed E-state index contributed by atoms with van der Waals surface area (Å²) in [7, 11) is 0. The smallest absolute Gasteiger partial charge is 0.253 e. The molecule has 1 amide bonds. The lowest BCUT2D eigenvalue weighted by Crippen LogP contribution is -2.28. The zero-order valence-electron chi connectivity index (χ0n) is 14.7. The van der Waals surface area contributed by atoms with Crippen molar-refractivity contribution in [2.45, 2.75) is 13.5 Å². The number of benzene rings is 1. The van der Waals surface area contributed by atoms with Gasteiger partial charge >= 0.3 is 0 Å². The Morgan fingerprint density at radius 2 is 2.00 bits per heavy atom. The number of fused-ring (bicyclic) bond motifs is 1. The Kier molecular flexibility index (Phi) is 5.09. The van der Waals surface area contributed by atoms with E-state index in [1.165, 1.54) is 11.3 Å². The standard InChI is InChI=1S/C21H17N3OS2/c1-15-4-2-6-18-20(15)23-21(27-18)24(14-16-9-11-22-12-10-16)19(25)8-7-17-5-3-13-26-17/h2-13H,14H2,1H3/b8-7+. The zero-order valence-corrected chi connectivity index (χ0v) is 16.3. The highest BCUT2D eigenvalue weighted by atomic mass is 32.1. The van der Waals surface area contributed by atoms with Crippen LogP contribution in [0.4, 0.5) is 5.13 Å². The van der Waals surface area contributed by atoms with Crippen molar-refractivity contribution in [3.63, 3.8) is 0 Å². The van der Waals surface area contributed by atoms with Crippen molar-refractivity contribution < 1.29 is 4.79 Å². The molecule has 0 radical (unpaired) electrons. The summed E-state index contributed by atoms with van der Waals surface area (Å²) in [6.07, 6.45) is 6.95. The number of pyridine rings is 1. The van der Waals surface area contributed by atoms with Crippen LogP contribution in [-0.4, -0.2) is 15.9 Å². The van der Waals surface area contributed by atoms with Gasteiger partial charge in [-0.2, -0.15) is 0 Å². The highest BCUT2D eigenvalue weighted by Gasteiger charge is 2.19. The number of hydrogen-bond acceptors (Lipinski definition) is 5. The molecule has 0 saturated carbocycles. The molecule has 0 bridgehead atoms. The first kappa shape index (κ1) is 17.6. The lowest BCUT2D eigenvalue weighted by Gasteiger charge is -2.18. The van der Waals surface area contributed by atoms with Gasteiger partial charge in [0.2, 0.25) is 0 Å². The van der Waals surface area contributed by atoms with Crippen LogP contribution in [0.15, 0.2) is 66.3 Å². The third kappa shape index (κ3) is 3.97. The zero-order chi connectivity index (χ0) is 18.6. The minimum Gasteiger partial charge on any atom is -0.280 e. The molecule has 4 nitrogen and oxygen atoms in total. The molecule has 3 heterocycles. The van der Waals surface area contributed by atoms with Crippen LogP contribution >= 0.6 is 22.7 Å². The molecular formula is C21H17N3OS2. The van der Waals surface area contributed by atoms with Gasteiger partial charge in [-0.25, -0.2) is 4.98 Å². The summed E-state index contributed by atoms with van der Waals surface area (Å²) in [5.74, 6) is -0.0862. The van der Waals surface area contributed by atoms with Gasteiger partial charge in [-0.05, 0) is 53.8 Å². The molecule has 4 rings (SSSR count). The van der Waals surface area contributed by atoms with Crippen LogP contribution in [0.25, 0.3) is 16.3 Å². The Morgan fingerprint density at radius 3 is 2.74 bits per heavy atom. The molecule has 0 aliphatic carbocycles. The average molecular weight is 392 g/mol. The lowest BCUT2D eigenvalue weighted by molar-refractivity contribution is -0.114. The van der Waals surface area contributed by atoms with E-state index < -0.39 is 0 Å². The van der Waals surface area contributed by atoms with E-state index in [1.807, 2.05) is 60.8 Å². The van der Waals surface area contributed by atoms with E-state index in [1.54, 1.807) is 34.7 Å². The quantitative estimate of drug-likeness (QED) is 0.433. The second-order valence-corrected chi connectivity index (χ2v) is 8.04. The van der Waals surface area contributed by atoms with Crippen LogP contribution in [0, 0.1) is 6.92 Å². The second kappa shape index (κ2) is 7.82. The molecule has 0 atom stereocenters. The van der Waals surface area contributed by atoms with Crippen molar-refractivity contribution in [1.82, 2.24) is 9.97 Å². The monoisotopic (exact) mass is 391 g/mol. The Morgan fingerprint density at radius 1 is 1.15 bits per heavy atom. The summed E-state index contributed by atoms with van der Waals surface area (Å²) in [4.78, 5) is 24.6. The summed E-state index contributed by atoms with van der Waals surface area (Å²) in [5.41, 5.74) is 3.08. The van der Waals surface area contributed by atoms with Gasteiger partial charge < -0.3 is 0 Å². The predicted molar refractivity (Wildman–Crippen MR) is 113 cm³/mol. The number of carbonyl (C=O) groups is 1. The summed E-state index contributed by atoms with van der Waals surface area (Å²) in [5, 5.41) is 2.70. The number of para-hydroxylation sites is 1. The fourth-order valence-corrected chi connectivity index (χ4v) is 4.40. The highest BCUT2D eigenvalue weighted by molar-refractivity contribution is 7.22. The van der Waals surface area contributed by atoms with Crippen molar-refractivity contribution >= 4 is 50.0 Å². The highest BCUT2D eigenvalue weighted by Crippen LogP contribution is 2.31. The minimum absolute atomic E-state index is 0.0862. The molecule has 0 saturated heterocycles. The number of anilines is 1. The lowest BCUT2D eigenvalue weighted by atomic mass is 10.2. The number of hydrogen-bond donors (Lipinski definition) is 0. The third-order valence-electron chi connectivity index (χ3n) is 4.13. The molecule has 4 aromatic rings. The number of thiazole rings is 1. The molecule has 0 aliphatic rings. The molecule has 3 aromatic heterocycles. The molecule has 134 valence electrons. The first-order chi connectivity index (χ1) is 13.2. The van der Waals surface area contributed by atoms with Crippen LogP contribution in [0.2, 0.25) is 0 Å². The Bertz CT molecular complexity index is 1090. The molecule has 1 aromatic carbocycles. The molecule has 0 unspecified atom stereocenters. The number of rotatable bonds is 5. The van der Waals surface area contributed by atoms with E-state index >= 15 is 0 Å². The van der Waals surface area contributed by atoms with Gasteiger partial charge in [-0.3, -0.25) is 14.7 Å². The van der Waals surface area contributed by atoms with E-state index in [4.69, 9.17) is 4.98 Å². The van der Waals surface area contributed by atoms with Crippen molar-refractivity contribution in [2.75, 3.05) is 4.90 Å². The maximum Gasteiger partial charge on any atom is 0.253 e. The summed E-state index contributed by atoms with van der Waals surface area (Å²) < 4.78 is 1.08. The summed E-state index contributed by atoms with van der Waals surface area (Å²) in [6, 6.07) is 13.9. The van der Waals surface area contributed by atoms with Crippen molar-refractivity contribution in [2.24, 2.45) is 0 Å². The SMILES string of the molecule is Cc1cccc2sc(N(Cc3ccncc3)C(=O)/C=C/c3cccs3)nc12. The van der Waals surface area contributed by atoms with Gasteiger partial charge in [0.1, 0.15) is 0 Å². The van der Waals surface area contributed by atoms with Crippen LogP contribution in [0.3, 0.4) is 0 Å². The number of amides is 1. The average Bonchev–Trinajstić information content (AvgIpc) is 3.35. The number of nitrogens with zero attached hydrogens (tertiary/aromatic N) is 3. The largest absolute Gasteiger partial charge is 0.280 e. The van der Waals surface area contributed by atoms with E-state index in [0.29, 0.717) is 11.7 Å². The molecule has 0 spiro atoms. The number of aromatic nitrogens is 2. The normalized spacial score (nSPS) is 11.3. The third-order valence-corrected chi connectivity index (χ3v) is 6.01. The second-order valence-electron chi connectivity index (χ2n) is 6.05. The van der Waals surface area contributed by atoms with Crippen molar-refractivity contribution in [1.29, 1.82) is 0 Å². The molecule has 6 heteroatoms. The van der Waals surface area contributed by atoms with Crippen LogP contribution in [0.5, 0.6) is 0 Å². The van der Waals surface area contributed by atoms with Gasteiger partial charge in [-0.15, -0.1) is 11.3 Å². The molecule has 0 aliphatic heterocycles. The summed E-state index contributed by atoms with van der Waals surface area (Å²) in [6.45, 7) is 2.49. The predicted octanol–water partition coefficient (Wildman–Crippen LogP) is 5.31. The van der Waals surface area contributed by atoms with Gasteiger partial charge in [0.05, 0.1) is 16.8 Å². The molecule has 0 fully saturated rings. The Labute approximate surface area is 165 Å². The molecular weight excluding hydrogens is 374 g/mol. The minimum atomic E-state index is -0.0862. The number of carbonyl (C=O) groups excluding carboxylic acids is 1. The topological polar surface area (TPSA) is 46.1 Å². The fraction of sp³-hybridized carbons (Fsp3) is 0.0952. The number of thiophene rings is 1. The van der Waals surface area contributed by atoms with Crippen molar-refractivity contribution in [3.8, 4) is 0 Å². The van der Waals surface area contributed by atoms with Gasteiger partial charge in [-0.1, -0.05) is 29.5 Å². The van der Waals surface area contributed by atoms with Crippen LogP contribution in [-0.2, 0) is 11.3 Å². The van der Waals surface area contributed by atoms with E-state index in [0.717, 1.165) is 26.2 Å². The van der Waals surface area contributed by atoms with Gasteiger partial charge in [0.25, 0.3) is 5.91 Å². The van der Waals surface area contributed by atoms with Crippen LogP contribution in [0.1, 0.15) is 16.0 Å². The molecule has 27 heavy (non-hydrogen) atoms. The van der Waals surface area contributed by atoms with Gasteiger partial charge in [0, 0.05) is 23.3 Å². The number of aryl methyl sites for hydroxylation is 1. The Balaban J connectivity index is 1.70. The van der Waals surface area contributed by atoms with Crippen molar-refractivity contribution in [3.05, 3.63) is 82.3 Å². The Hall–Kier alpha value is -2.83. The first-order valence-electron chi connectivity index (χ1n) is 8.49. The van der Waals surface area contributed by atoms with E-state index in [9.17, 15) is 4.79 Å². The maximum absolute atomic E-state index is 13.0. The fourth-order valence-electron chi connectivity index (χ4n) is 2.73. The molecule has 0 N–H and O–H groups in total.